The molecule has 5 nitrogen and oxygen atoms in total. The van der Waals surface area contributed by atoms with Gasteiger partial charge in [0.1, 0.15) is 0 Å². The normalized spacial score (nSPS) is 17.0. The van der Waals surface area contributed by atoms with Gasteiger partial charge in [0.15, 0.2) is 0 Å². The Kier molecular flexibility index (Phi) is 4.06. The number of pyridine rings is 1. The van der Waals surface area contributed by atoms with Crippen LogP contribution in [0.3, 0.4) is 0 Å². The molecule has 1 aromatic carbocycles. The number of carbonyl (C=O) groups excluding carboxylic acids is 1. The highest BCUT2D eigenvalue weighted by Crippen LogP contribution is 2.29. The highest BCUT2D eigenvalue weighted by atomic mass is 16.3. The molecule has 2 amide bonds. The minimum atomic E-state index is -0.299. The molecule has 0 fully saturated rings. The molecule has 0 radical (unpaired) electrons. The first-order chi connectivity index (χ1) is 10.7. The van der Waals surface area contributed by atoms with Crippen LogP contribution in [0.1, 0.15) is 22.7 Å². The van der Waals surface area contributed by atoms with E-state index in [2.05, 4.69) is 16.4 Å². The Balaban J connectivity index is 1.83. The van der Waals surface area contributed by atoms with Crippen LogP contribution in [0.4, 0.5) is 10.5 Å². The maximum Gasteiger partial charge on any atom is 0.322 e. The predicted molar refractivity (Wildman–Crippen MR) is 84.7 cm³/mol. The molecule has 1 unspecified atom stereocenters. The predicted octanol–water partition coefficient (Wildman–Crippen LogP) is 2.51. The van der Waals surface area contributed by atoms with Crippen LogP contribution in [0.2, 0.25) is 0 Å². The van der Waals surface area contributed by atoms with E-state index in [0.29, 0.717) is 6.54 Å². The summed E-state index contributed by atoms with van der Waals surface area (Å²) in [6.45, 7) is 2.41. The largest absolute Gasteiger partial charge is 0.394 e. The number of aliphatic hydroxyl groups is 1. The number of rotatable bonds is 2. The van der Waals surface area contributed by atoms with Crippen molar-refractivity contribution >= 4 is 11.7 Å². The monoisotopic (exact) mass is 297 g/mol. The van der Waals surface area contributed by atoms with E-state index in [-0.39, 0.29) is 18.7 Å². The molecule has 2 heterocycles. The van der Waals surface area contributed by atoms with E-state index in [1.807, 2.05) is 25.1 Å². The number of carbonyl (C=O) groups is 1. The van der Waals surface area contributed by atoms with E-state index < -0.39 is 0 Å². The zero-order chi connectivity index (χ0) is 15.5. The number of aromatic nitrogens is 1. The molecule has 0 saturated heterocycles. The molecule has 0 aliphatic carbocycles. The molecule has 1 atom stereocenters. The summed E-state index contributed by atoms with van der Waals surface area (Å²) in [6.07, 6.45) is 4.16. The van der Waals surface area contributed by atoms with E-state index in [0.717, 1.165) is 23.2 Å². The van der Waals surface area contributed by atoms with Crippen LogP contribution in [0.25, 0.3) is 0 Å². The van der Waals surface area contributed by atoms with Gasteiger partial charge in [0.2, 0.25) is 0 Å². The van der Waals surface area contributed by atoms with Crippen LogP contribution in [-0.4, -0.2) is 34.2 Å². The first-order valence-electron chi connectivity index (χ1n) is 7.37. The fraction of sp³-hybridized carbons (Fsp3) is 0.294. The van der Waals surface area contributed by atoms with Gasteiger partial charge in [0.05, 0.1) is 12.6 Å². The minimum absolute atomic E-state index is 0.0836. The van der Waals surface area contributed by atoms with Crippen LogP contribution in [-0.2, 0) is 6.42 Å². The summed E-state index contributed by atoms with van der Waals surface area (Å²) in [7, 11) is 0. The van der Waals surface area contributed by atoms with Crippen LogP contribution < -0.4 is 5.32 Å². The lowest BCUT2D eigenvalue weighted by atomic mass is 9.93. The van der Waals surface area contributed by atoms with E-state index in [1.54, 1.807) is 23.4 Å². The van der Waals surface area contributed by atoms with E-state index in [4.69, 9.17) is 0 Å². The highest BCUT2D eigenvalue weighted by Gasteiger charge is 2.30. The molecule has 114 valence electrons. The summed E-state index contributed by atoms with van der Waals surface area (Å²) >= 11 is 0. The van der Waals surface area contributed by atoms with Crippen LogP contribution in [0, 0.1) is 6.92 Å². The van der Waals surface area contributed by atoms with Gasteiger partial charge in [-0.15, -0.1) is 0 Å². The van der Waals surface area contributed by atoms with Crippen LogP contribution in [0.5, 0.6) is 0 Å². The maximum atomic E-state index is 12.6. The Morgan fingerprint density at radius 2 is 2.23 bits per heavy atom. The van der Waals surface area contributed by atoms with Crippen LogP contribution >= 0.6 is 0 Å². The number of fused-ring (bicyclic) bond motifs is 1. The molecule has 2 N–H and O–H groups in total. The number of urea groups is 1. The van der Waals surface area contributed by atoms with Gasteiger partial charge in [-0.05, 0) is 36.1 Å². The smallest absolute Gasteiger partial charge is 0.322 e. The van der Waals surface area contributed by atoms with Crippen molar-refractivity contribution in [1.82, 2.24) is 9.88 Å². The standard InChI is InChI=1S/C17H19N3O2/c1-12-10-18-8-6-15(12)19-17(22)20-9-7-13-4-2-3-5-14(13)16(20)11-21/h2-6,8,10,16,21H,7,9,11H2,1H3,(H,18,19,22). The first kappa shape index (κ1) is 14.5. The average molecular weight is 297 g/mol. The fourth-order valence-electron chi connectivity index (χ4n) is 2.89. The van der Waals surface area contributed by atoms with Crippen molar-refractivity contribution in [2.24, 2.45) is 0 Å². The zero-order valence-corrected chi connectivity index (χ0v) is 12.5. The zero-order valence-electron chi connectivity index (χ0n) is 12.5. The van der Waals surface area contributed by atoms with Gasteiger partial charge in [-0.1, -0.05) is 24.3 Å². The van der Waals surface area contributed by atoms with Gasteiger partial charge in [0, 0.05) is 24.6 Å². The molecule has 5 heteroatoms. The van der Waals surface area contributed by atoms with Gasteiger partial charge < -0.3 is 15.3 Å². The molecule has 1 aliphatic heterocycles. The van der Waals surface area contributed by atoms with Gasteiger partial charge in [-0.2, -0.15) is 0 Å². The number of hydrogen-bond donors (Lipinski definition) is 2. The minimum Gasteiger partial charge on any atom is -0.394 e. The number of hydrogen-bond acceptors (Lipinski definition) is 3. The van der Waals surface area contributed by atoms with E-state index in [1.165, 1.54) is 5.56 Å². The summed E-state index contributed by atoms with van der Waals surface area (Å²) in [4.78, 5) is 18.3. The van der Waals surface area contributed by atoms with E-state index in [9.17, 15) is 9.90 Å². The molecule has 0 bridgehead atoms. The third kappa shape index (κ3) is 2.67. The molecule has 0 saturated carbocycles. The lowest BCUT2D eigenvalue weighted by molar-refractivity contribution is 0.135. The average Bonchev–Trinajstić information content (AvgIpc) is 2.55. The van der Waals surface area contributed by atoms with E-state index >= 15 is 0 Å². The van der Waals surface area contributed by atoms with Crippen molar-refractivity contribution in [2.45, 2.75) is 19.4 Å². The Morgan fingerprint density at radius 1 is 1.41 bits per heavy atom. The summed E-state index contributed by atoms with van der Waals surface area (Å²) in [6, 6.07) is 9.25. The molecule has 22 heavy (non-hydrogen) atoms. The van der Waals surface area contributed by atoms with Crippen molar-refractivity contribution in [3.63, 3.8) is 0 Å². The summed E-state index contributed by atoms with van der Waals surface area (Å²) < 4.78 is 0. The third-order valence-electron chi connectivity index (χ3n) is 4.11. The fourth-order valence-corrected chi connectivity index (χ4v) is 2.89. The number of aliphatic hydroxyl groups excluding tert-OH is 1. The number of aryl methyl sites for hydroxylation is 1. The molecular weight excluding hydrogens is 278 g/mol. The van der Waals surface area contributed by atoms with Crippen molar-refractivity contribution in [2.75, 3.05) is 18.5 Å². The maximum absolute atomic E-state index is 12.6. The van der Waals surface area contributed by atoms with Crippen LogP contribution in [0.15, 0.2) is 42.7 Å². The van der Waals surface area contributed by atoms with Gasteiger partial charge >= 0.3 is 6.03 Å². The van der Waals surface area contributed by atoms with Crippen molar-refractivity contribution < 1.29 is 9.90 Å². The second kappa shape index (κ2) is 6.15. The Labute approximate surface area is 129 Å². The summed E-state index contributed by atoms with van der Waals surface area (Å²) in [5.41, 5.74) is 3.88. The SMILES string of the molecule is Cc1cnccc1NC(=O)N1CCc2ccccc2C1CO. The number of amides is 2. The lowest BCUT2D eigenvalue weighted by Gasteiger charge is -2.36. The van der Waals surface area contributed by atoms with Gasteiger partial charge in [0.25, 0.3) is 0 Å². The lowest BCUT2D eigenvalue weighted by Crippen LogP contribution is -2.43. The molecule has 0 spiro atoms. The Hall–Kier alpha value is -2.40. The van der Waals surface area contributed by atoms with Crippen molar-refractivity contribution in [3.05, 3.63) is 59.4 Å². The van der Waals surface area contributed by atoms with Crippen molar-refractivity contribution in [1.29, 1.82) is 0 Å². The Morgan fingerprint density at radius 3 is 3.00 bits per heavy atom. The topological polar surface area (TPSA) is 65.5 Å². The Bertz CT molecular complexity index is 687. The quantitative estimate of drug-likeness (QED) is 0.895. The molecule has 2 aromatic rings. The first-order valence-corrected chi connectivity index (χ1v) is 7.37. The third-order valence-corrected chi connectivity index (χ3v) is 4.11. The second-order valence-electron chi connectivity index (χ2n) is 5.46. The number of benzene rings is 1. The van der Waals surface area contributed by atoms with Gasteiger partial charge in [-0.3, -0.25) is 4.98 Å². The number of nitrogens with one attached hydrogen (secondary N) is 1. The number of anilines is 1. The highest BCUT2D eigenvalue weighted by molar-refractivity contribution is 5.90. The second-order valence-corrected chi connectivity index (χ2v) is 5.46. The van der Waals surface area contributed by atoms with Crippen molar-refractivity contribution in [3.8, 4) is 0 Å². The molecular formula is C17H19N3O2. The molecule has 3 rings (SSSR count). The molecule has 1 aliphatic rings. The van der Waals surface area contributed by atoms with Gasteiger partial charge in [-0.25, -0.2) is 4.79 Å². The summed E-state index contributed by atoms with van der Waals surface area (Å²) in [5, 5.41) is 12.7. The molecule has 1 aromatic heterocycles. The summed E-state index contributed by atoms with van der Waals surface area (Å²) in [5.74, 6) is 0. The number of nitrogens with zero attached hydrogens (tertiary/aromatic N) is 2.